The fraction of sp³-hybridized carbons (Fsp3) is 0.368. The van der Waals surface area contributed by atoms with E-state index in [4.69, 9.17) is 5.84 Å². The van der Waals surface area contributed by atoms with Crippen LogP contribution in [0.5, 0.6) is 0 Å². The number of nitrogens with two attached hydrogens (primary N) is 1. The summed E-state index contributed by atoms with van der Waals surface area (Å²) in [5.41, 5.74) is 6.99. The number of hydrogen-bond donors (Lipinski definition) is 2. The Bertz CT molecular complexity index is 551. The first-order valence-corrected chi connectivity index (χ1v) is 7.75. The summed E-state index contributed by atoms with van der Waals surface area (Å²) in [4.78, 5) is 0. The summed E-state index contributed by atoms with van der Waals surface area (Å²) in [7, 11) is 0. The molecule has 0 saturated heterocycles. The summed E-state index contributed by atoms with van der Waals surface area (Å²) in [6.45, 7) is 6.70. The smallest absolute Gasteiger partial charge is 0.0533 e. The first kappa shape index (κ1) is 15.7. The lowest BCUT2D eigenvalue weighted by atomic mass is 9.77. The molecule has 0 aliphatic carbocycles. The summed E-state index contributed by atoms with van der Waals surface area (Å²) in [5, 5.41) is 0. The third kappa shape index (κ3) is 3.52. The Morgan fingerprint density at radius 1 is 1.00 bits per heavy atom. The number of hydrogen-bond acceptors (Lipinski definition) is 2. The molecule has 0 bridgehead atoms. The van der Waals surface area contributed by atoms with Crippen molar-refractivity contribution >= 4 is 0 Å². The molecule has 21 heavy (non-hydrogen) atoms. The van der Waals surface area contributed by atoms with Gasteiger partial charge < -0.3 is 0 Å². The van der Waals surface area contributed by atoms with E-state index in [0.717, 1.165) is 6.42 Å². The molecule has 3 N–H and O–H groups in total. The number of nitrogens with one attached hydrogen (secondary N) is 1. The molecule has 0 amide bonds. The van der Waals surface area contributed by atoms with Crippen LogP contribution in [0.3, 0.4) is 0 Å². The predicted octanol–water partition coefficient (Wildman–Crippen LogP) is 4.33. The largest absolute Gasteiger partial charge is 0.271 e. The summed E-state index contributed by atoms with van der Waals surface area (Å²) < 4.78 is 0. The lowest BCUT2D eigenvalue weighted by Crippen LogP contribution is -2.35. The highest BCUT2D eigenvalue weighted by Gasteiger charge is 2.28. The number of rotatable bonds is 6. The van der Waals surface area contributed by atoms with Crippen LogP contribution in [-0.4, -0.2) is 0 Å². The van der Waals surface area contributed by atoms with Crippen LogP contribution >= 0.6 is 0 Å². The Balaban J connectivity index is 2.46. The number of aryl methyl sites for hydroxylation is 1. The lowest BCUT2D eigenvalue weighted by molar-refractivity contribution is 0.342. The molecule has 2 aromatic carbocycles. The van der Waals surface area contributed by atoms with Crippen molar-refractivity contribution in [1.82, 2.24) is 5.43 Å². The van der Waals surface area contributed by atoms with E-state index in [1.165, 1.54) is 16.7 Å². The molecule has 0 radical (unpaired) electrons. The van der Waals surface area contributed by atoms with E-state index in [9.17, 15) is 0 Å². The van der Waals surface area contributed by atoms with Crippen molar-refractivity contribution in [3.05, 3.63) is 71.3 Å². The van der Waals surface area contributed by atoms with Crippen molar-refractivity contribution in [3.63, 3.8) is 0 Å². The Labute approximate surface area is 128 Å². The highest BCUT2D eigenvalue weighted by molar-refractivity contribution is 5.33. The molecule has 2 aromatic rings. The maximum atomic E-state index is 5.95. The van der Waals surface area contributed by atoms with E-state index >= 15 is 0 Å². The summed E-state index contributed by atoms with van der Waals surface area (Å²) in [6.07, 6.45) is 1.13. The third-order valence-corrected chi connectivity index (χ3v) is 4.50. The predicted molar refractivity (Wildman–Crippen MR) is 89.9 cm³/mol. The van der Waals surface area contributed by atoms with Crippen molar-refractivity contribution in [2.45, 2.75) is 39.2 Å². The molecule has 0 heterocycles. The second-order valence-corrected chi connectivity index (χ2v) is 5.82. The van der Waals surface area contributed by atoms with Crippen molar-refractivity contribution in [3.8, 4) is 0 Å². The van der Waals surface area contributed by atoms with Gasteiger partial charge >= 0.3 is 0 Å². The van der Waals surface area contributed by atoms with Gasteiger partial charge in [0.05, 0.1) is 6.04 Å². The molecule has 2 heteroatoms. The van der Waals surface area contributed by atoms with Crippen molar-refractivity contribution < 1.29 is 0 Å². The molecule has 2 rings (SSSR count). The molecule has 0 fully saturated rings. The van der Waals surface area contributed by atoms with Crippen LogP contribution in [-0.2, 0) is 0 Å². The molecule has 3 atom stereocenters. The minimum atomic E-state index is 0.128. The zero-order valence-electron chi connectivity index (χ0n) is 13.2. The molecular weight excluding hydrogens is 256 g/mol. The van der Waals surface area contributed by atoms with Gasteiger partial charge in [-0.15, -0.1) is 0 Å². The summed E-state index contributed by atoms with van der Waals surface area (Å²) >= 11 is 0. The average Bonchev–Trinajstić information content (AvgIpc) is 2.53. The van der Waals surface area contributed by atoms with Gasteiger partial charge in [-0.25, -0.2) is 0 Å². The molecule has 0 aliphatic heterocycles. The molecule has 0 aromatic heterocycles. The second-order valence-electron chi connectivity index (χ2n) is 5.82. The topological polar surface area (TPSA) is 38.0 Å². The maximum absolute atomic E-state index is 5.95. The normalized spacial score (nSPS) is 15.4. The Morgan fingerprint density at radius 2 is 1.62 bits per heavy atom. The van der Waals surface area contributed by atoms with Gasteiger partial charge in [-0.2, -0.15) is 0 Å². The van der Waals surface area contributed by atoms with Gasteiger partial charge in [0.25, 0.3) is 0 Å². The van der Waals surface area contributed by atoms with Gasteiger partial charge in [0.15, 0.2) is 0 Å². The molecule has 3 unspecified atom stereocenters. The monoisotopic (exact) mass is 282 g/mol. The van der Waals surface area contributed by atoms with Gasteiger partial charge in [0, 0.05) is 5.92 Å². The minimum absolute atomic E-state index is 0.128. The molecule has 112 valence electrons. The van der Waals surface area contributed by atoms with Gasteiger partial charge in [-0.1, -0.05) is 74.9 Å². The van der Waals surface area contributed by atoms with E-state index in [-0.39, 0.29) is 6.04 Å². The standard InChI is InChI=1S/C19H26N2/c1-4-14(2)18(16-11-6-5-7-12-16)19(21-20)17-13-9-8-10-15(17)3/h5-14,18-19,21H,4,20H2,1-3H3. The Hall–Kier alpha value is -1.64. The Kier molecular flexibility index (Phi) is 5.54. The lowest BCUT2D eigenvalue weighted by Gasteiger charge is -2.33. The van der Waals surface area contributed by atoms with E-state index in [0.29, 0.717) is 11.8 Å². The van der Waals surface area contributed by atoms with Crippen LogP contribution in [0.15, 0.2) is 54.6 Å². The van der Waals surface area contributed by atoms with E-state index in [1.54, 1.807) is 0 Å². The average molecular weight is 282 g/mol. The quantitative estimate of drug-likeness (QED) is 0.611. The zero-order valence-corrected chi connectivity index (χ0v) is 13.2. The van der Waals surface area contributed by atoms with Crippen molar-refractivity contribution in [1.29, 1.82) is 0 Å². The molecule has 2 nitrogen and oxygen atoms in total. The highest BCUT2D eigenvalue weighted by atomic mass is 15.2. The molecule has 0 saturated carbocycles. The maximum Gasteiger partial charge on any atom is 0.0533 e. The SMILES string of the molecule is CCC(C)C(c1ccccc1)C(NN)c1ccccc1C. The van der Waals surface area contributed by atoms with Crippen LogP contribution in [0.1, 0.15) is 48.9 Å². The van der Waals surface area contributed by atoms with Crippen LogP contribution in [0.25, 0.3) is 0 Å². The van der Waals surface area contributed by atoms with Crippen LogP contribution < -0.4 is 11.3 Å². The van der Waals surface area contributed by atoms with Gasteiger partial charge in [-0.3, -0.25) is 11.3 Å². The summed E-state index contributed by atoms with van der Waals surface area (Å²) in [6, 6.07) is 19.3. The van der Waals surface area contributed by atoms with Gasteiger partial charge in [0.2, 0.25) is 0 Å². The fourth-order valence-corrected chi connectivity index (χ4v) is 3.10. The highest BCUT2D eigenvalue weighted by Crippen LogP contribution is 2.38. The van der Waals surface area contributed by atoms with Crippen LogP contribution in [0.2, 0.25) is 0 Å². The van der Waals surface area contributed by atoms with E-state index in [2.05, 4.69) is 80.8 Å². The van der Waals surface area contributed by atoms with E-state index in [1.807, 2.05) is 0 Å². The molecule has 0 spiro atoms. The number of benzene rings is 2. The first-order chi connectivity index (χ1) is 10.2. The third-order valence-electron chi connectivity index (χ3n) is 4.50. The van der Waals surface area contributed by atoms with Crippen molar-refractivity contribution in [2.24, 2.45) is 11.8 Å². The Morgan fingerprint density at radius 3 is 2.19 bits per heavy atom. The van der Waals surface area contributed by atoms with Crippen LogP contribution in [0.4, 0.5) is 0 Å². The number of hydrazine groups is 1. The van der Waals surface area contributed by atoms with Gasteiger partial charge in [-0.05, 0) is 29.5 Å². The van der Waals surface area contributed by atoms with Crippen LogP contribution in [0, 0.1) is 12.8 Å². The summed E-state index contributed by atoms with van der Waals surface area (Å²) in [5.74, 6) is 6.87. The zero-order chi connectivity index (χ0) is 15.2. The fourth-order valence-electron chi connectivity index (χ4n) is 3.10. The second kappa shape index (κ2) is 7.39. The van der Waals surface area contributed by atoms with Crippen molar-refractivity contribution in [2.75, 3.05) is 0 Å². The minimum Gasteiger partial charge on any atom is -0.271 e. The molecular formula is C19H26N2. The van der Waals surface area contributed by atoms with E-state index < -0.39 is 0 Å². The van der Waals surface area contributed by atoms with Gasteiger partial charge in [0.1, 0.15) is 0 Å². The first-order valence-electron chi connectivity index (χ1n) is 7.75. The molecule has 0 aliphatic rings.